The number of carbonyl (C=O) groups excluding carboxylic acids is 1. The predicted molar refractivity (Wildman–Crippen MR) is 90.4 cm³/mol. The van der Waals surface area contributed by atoms with E-state index in [1.165, 1.54) is 6.20 Å². The van der Waals surface area contributed by atoms with Gasteiger partial charge >= 0.3 is 5.97 Å². The Kier molecular flexibility index (Phi) is 4.82. The summed E-state index contributed by atoms with van der Waals surface area (Å²) in [4.78, 5) is 23.7. The summed E-state index contributed by atoms with van der Waals surface area (Å²) in [6, 6.07) is 3.97. The van der Waals surface area contributed by atoms with Crippen LogP contribution >= 0.6 is 0 Å². The van der Waals surface area contributed by atoms with Crippen LogP contribution in [0.5, 0.6) is 0 Å². The predicted octanol–water partition coefficient (Wildman–Crippen LogP) is 2.06. The SMILES string of the molecule is Cc1ccc(C)n1-c1c(C(=O)NCCC(C)(C)C(=O)O)cnn1C. The number of hydrogen-bond acceptors (Lipinski definition) is 3. The molecule has 2 aromatic rings. The van der Waals surface area contributed by atoms with Crippen molar-refractivity contribution in [2.75, 3.05) is 6.54 Å². The number of nitrogens with one attached hydrogen (secondary N) is 1. The fourth-order valence-electron chi connectivity index (χ4n) is 2.55. The largest absolute Gasteiger partial charge is 0.481 e. The zero-order chi connectivity index (χ0) is 18.1. The lowest BCUT2D eigenvalue weighted by Crippen LogP contribution is -2.32. The first-order valence-electron chi connectivity index (χ1n) is 7.84. The number of nitrogens with zero attached hydrogens (tertiary/aromatic N) is 3. The molecule has 2 heterocycles. The zero-order valence-corrected chi connectivity index (χ0v) is 14.8. The summed E-state index contributed by atoms with van der Waals surface area (Å²) in [7, 11) is 1.79. The van der Waals surface area contributed by atoms with Gasteiger partial charge < -0.3 is 15.0 Å². The number of rotatable bonds is 6. The molecule has 7 nitrogen and oxygen atoms in total. The van der Waals surface area contributed by atoms with E-state index >= 15 is 0 Å². The molecule has 0 aliphatic carbocycles. The Balaban J connectivity index is 2.19. The summed E-state index contributed by atoms with van der Waals surface area (Å²) in [5.41, 5.74) is 1.61. The van der Waals surface area contributed by atoms with Crippen molar-refractivity contribution in [2.45, 2.75) is 34.1 Å². The number of aliphatic carboxylic acids is 1. The highest BCUT2D eigenvalue weighted by molar-refractivity contribution is 5.97. The number of carboxylic acid groups (broad SMARTS) is 1. The average molecular weight is 332 g/mol. The van der Waals surface area contributed by atoms with Gasteiger partial charge in [-0.25, -0.2) is 0 Å². The third-order valence-corrected chi connectivity index (χ3v) is 4.25. The number of carbonyl (C=O) groups is 2. The molecule has 0 unspecified atom stereocenters. The quantitative estimate of drug-likeness (QED) is 0.847. The molecule has 0 saturated carbocycles. The Morgan fingerprint density at radius 2 is 1.83 bits per heavy atom. The van der Waals surface area contributed by atoms with Crippen molar-refractivity contribution in [1.29, 1.82) is 0 Å². The van der Waals surface area contributed by atoms with Crippen LogP contribution < -0.4 is 5.32 Å². The van der Waals surface area contributed by atoms with Crippen LogP contribution in [0.1, 0.15) is 42.0 Å². The maximum Gasteiger partial charge on any atom is 0.309 e. The van der Waals surface area contributed by atoms with Crippen LogP contribution in [-0.2, 0) is 11.8 Å². The molecule has 0 spiro atoms. The Morgan fingerprint density at radius 1 is 1.25 bits per heavy atom. The van der Waals surface area contributed by atoms with Crippen molar-refractivity contribution in [3.63, 3.8) is 0 Å². The van der Waals surface area contributed by atoms with Crippen LogP contribution in [0.4, 0.5) is 0 Å². The maximum absolute atomic E-state index is 12.5. The molecular weight excluding hydrogens is 308 g/mol. The highest BCUT2D eigenvalue weighted by Crippen LogP contribution is 2.21. The third-order valence-electron chi connectivity index (χ3n) is 4.25. The average Bonchev–Trinajstić information content (AvgIpc) is 3.01. The normalized spacial score (nSPS) is 11.5. The molecule has 2 rings (SSSR count). The first-order valence-corrected chi connectivity index (χ1v) is 7.84. The molecule has 0 aliphatic rings. The van der Waals surface area contributed by atoms with Gasteiger partial charge in [-0.05, 0) is 46.2 Å². The van der Waals surface area contributed by atoms with E-state index in [9.17, 15) is 9.59 Å². The lowest BCUT2D eigenvalue weighted by Gasteiger charge is -2.19. The third kappa shape index (κ3) is 3.34. The van der Waals surface area contributed by atoms with Crippen molar-refractivity contribution >= 4 is 11.9 Å². The summed E-state index contributed by atoms with van der Waals surface area (Å²) in [5, 5.41) is 16.1. The van der Waals surface area contributed by atoms with Crippen LogP contribution in [0.3, 0.4) is 0 Å². The number of amides is 1. The van der Waals surface area contributed by atoms with Crippen LogP contribution in [0, 0.1) is 19.3 Å². The molecule has 0 radical (unpaired) electrons. The van der Waals surface area contributed by atoms with E-state index in [1.807, 2.05) is 30.5 Å². The van der Waals surface area contributed by atoms with Crippen molar-refractivity contribution in [3.8, 4) is 5.82 Å². The van der Waals surface area contributed by atoms with Gasteiger partial charge in [-0.1, -0.05) is 0 Å². The van der Waals surface area contributed by atoms with Gasteiger partial charge in [0.15, 0.2) is 0 Å². The molecule has 2 aromatic heterocycles. The molecular formula is C17H24N4O3. The van der Waals surface area contributed by atoms with Gasteiger partial charge in [0.1, 0.15) is 11.4 Å². The minimum absolute atomic E-state index is 0.258. The number of aryl methyl sites for hydroxylation is 3. The molecule has 2 N–H and O–H groups in total. The lowest BCUT2D eigenvalue weighted by molar-refractivity contribution is -0.147. The number of aromatic nitrogens is 3. The van der Waals surface area contributed by atoms with Gasteiger partial charge in [0, 0.05) is 25.0 Å². The van der Waals surface area contributed by atoms with Gasteiger partial charge in [-0.2, -0.15) is 5.10 Å². The molecule has 0 fully saturated rings. The number of hydrogen-bond donors (Lipinski definition) is 2. The van der Waals surface area contributed by atoms with E-state index in [0.29, 0.717) is 17.8 Å². The highest BCUT2D eigenvalue weighted by Gasteiger charge is 2.27. The summed E-state index contributed by atoms with van der Waals surface area (Å²) in [5.74, 6) is -0.436. The molecule has 0 atom stereocenters. The smallest absolute Gasteiger partial charge is 0.309 e. The first kappa shape index (κ1) is 17.8. The Hall–Kier alpha value is -2.57. The Morgan fingerprint density at radius 3 is 2.38 bits per heavy atom. The van der Waals surface area contributed by atoms with E-state index < -0.39 is 11.4 Å². The van der Waals surface area contributed by atoms with Crippen molar-refractivity contribution in [3.05, 3.63) is 35.3 Å². The fourth-order valence-corrected chi connectivity index (χ4v) is 2.55. The minimum atomic E-state index is -0.877. The highest BCUT2D eigenvalue weighted by atomic mass is 16.4. The standard InChI is InChI=1S/C17H24N4O3/c1-11-6-7-12(2)21(11)15-13(10-19-20(15)5)14(22)18-9-8-17(3,4)16(23)24/h6-7,10H,8-9H2,1-5H3,(H,18,22)(H,23,24). The van der Waals surface area contributed by atoms with Crippen LogP contribution in [0.2, 0.25) is 0 Å². The molecule has 1 amide bonds. The molecule has 24 heavy (non-hydrogen) atoms. The van der Waals surface area contributed by atoms with Gasteiger partial charge in [0.05, 0.1) is 11.6 Å². The second-order valence-corrected chi connectivity index (χ2v) is 6.65. The van der Waals surface area contributed by atoms with Crippen molar-refractivity contribution in [1.82, 2.24) is 19.7 Å². The van der Waals surface area contributed by atoms with Crippen LogP contribution in [-0.4, -0.2) is 37.9 Å². The summed E-state index contributed by atoms with van der Waals surface area (Å²) in [6.07, 6.45) is 1.89. The maximum atomic E-state index is 12.5. The number of carboxylic acids is 1. The monoisotopic (exact) mass is 332 g/mol. The molecule has 0 aromatic carbocycles. The topological polar surface area (TPSA) is 89.2 Å². The summed E-state index contributed by atoms with van der Waals surface area (Å²) < 4.78 is 3.64. The van der Waals surface area contributed by atoms with E-state index in [0.717, 1.165) is 11.4 Å². The van der Waals surface area contributed by atoms with Gasteiger partial charge in [0.2, 0.25) is 0 Å². The molecule has 0 aliphatic heterocycles. The van der Waals surface area contributed by atoms with E-state index in [2.05, 4.69) is 10.4 Å². The summed E-state index contributed by atoms with van der Waals surface area (Å²) >= 11 is 0. The second-order valence-electron chi connectivity index (χ2n) is 6.65. The zero-order valence-electron chi connectivity index (χ0n) is 14.8. The molecule has 0 saturated heterocycles. The molecule has 130 valence electrons. The van der Waals surface area contributed by atoms with Gasteiger partial charge in [0.25, 0.3) is 5.91 Å². The summed E-state index contributed by atoms with van der Waals surface area (Å²) in [6.45, 7) is 7.51. The van der Waals surface area contributed by atoms with Crippen LogP contribution in [0.25, 0.3) is 5.82 Å². The van der Waals surface area contributed by atoms with Crippen molar-refractivity contribution < 1.29 is 14.7 Å². The lowest BCUT2D eigenvalue weighted by atomic mass is 9.90. The Labute approximate surface area is 141 Å². The first-order chi connectivity index (χ1) is 11.1. The Bertz CT molecular complexity index is 751. The van der Waals surface area contributed by atoms with E-state index in [-0.39, 0.29) is 12.5 Å². The van der Waals surface area contributed by atoms with Crippen molar-refractivity contribution in [2.24, 2.45) is 12.5 Å². The minimum Gasteiger partial charge on any atom is -0.481 e. The molecule has 7 heteroatoms. The van der Waals surface area contributed by atoms with Crippen LogP contribution in [0.15, 0.2) is 18.3 Å². The van der Waals surface area contributed by atoms with E-state index in [4.69, 9.17) is 5.11 Å². The molecule has 0 bridgehead atoms. The van der Waals surface area contributed by atoms with E-state index in [1.54, 1.807) is 25.6 Å². The van der Waals surface area contributed by atoms with Gasteiger partial charge in [-0.3, -0.25) is 14.3 Å². The van der Waals surface area contributed by atoms with Gasteiger partial charge in [-0.15, -0.1) is 0 Å². The fraction of sp³-hybridized carbons (Fsp3) is 0.471. The second kappa shape index (κ2) is 6.51.